The molecule has 4 aromatic rings. The number of halogens is 1. The van der Waals surface area contributed by atoms with E-state index in [0.717, 1.165) is 43.5 Å². The fourth-order valence-electron chi connectivity index (χ4n) is 5.41. The average Bonchev–Trinajstić information content (AvgIpc) is 3.69. The van der Waals surface area contributed by atoms with Crippen LogP contribution >= 0.6 is 11.7 Å². The van der Waals surface area contributed by atoms with Gasteiger partial charge in [-0.1, -0.05) is 0 Å². The molecule has 0 bridgehead atoms. The van der Waals surface area contributed by atoms with Gasteiger partial charge in [0.25, 0.3) is 0 Å². The van der Waals surface area contributed by atoms with Gasteiger partial charge in [-0.3, -0.25) is 4.79 Å². The largest absolute Gasteiger partial charge is 1.00 e. The molecule has 1 heterocycles. The summed E-state index contributed by atoms with van der Waals surface area (Å²) in [5.74, 6) is -1.88. The van der Waals surface area contributed by atoms with Gasteiger partial charge in [0.15, 0.2) is 28.8 Å². The van der Waals surface area contributed by atoms with Gasteiger partial charge in [-0.25, -0.2) is 4.39 Å². The van der Waals surface area contributed by atoms with Crippen molar-refractivity contribution >= 4 is 40.1 Å². The van der Waals surface area contributed by atoms with Gasteiger partial charge in [0.05, 0.1) is 45.1 Å². The Labute approximate surface area is 280 Å². The van der Waals surface area contributed by atoms with Crippen LogP contribution in [0.1, 0.15) is 52.7 Å². The molecule has 0 radical (unpaired) electrons. The van der Waals surface area contributed by atoms with Crippen LogP contribution in [0.3, 0.4) is 0 Å². The molecule has 1 saturated carbocycles. The number of hydrogen-bond donors (Lipinski definition) is 0. The van der Waals surface area contributed by atoms with Crippen molar-refractivity contribution in [1.29, 1.82) is 0 Å². The number of aliphatic carboxylic acids is 1. The Bertz CT molecular complexity index is 1710. The number of aryl methyl sites for hydroxylation is 1. The Hall–Kier alpha value is -3.51. The number of ether oxygens (including phenoxy) is 4. The smallest absolute Gasteiger partial charge is 0.545 e. The molecule has 0 saturated heterocycles. The van der Waals surface area contributed by atoms with Crippen molar-refractivity contribution in [2.24, 2.45) is 0 Å². The molecule has 224 valence electrons. The number of allylic oxidation sites excluding steroid dienone is 1. The van der Waals surface area contributed by atoms with E-state index < -0.39 is 17.6 Å². The second-order valence-corrected chi connectivity index (χ2v) is 10.8. The maximum Gasteiger partial charge on any atom is 1.00 e. The van der Waals surface area contributed by atoms with Gasteiger partial charge in [0.2, 0.25) is 5.75 Å². The third-order valence-corrected chi connectivity index (χ3v) is 8.06. The van der Waals surface area contributed by atoms with Crippen molar-refractivity contribution < 1.29 is 67.6 Å². The van der Waals surface area contributed by atoms with Gasteiger partial charge in [0.1, 0.15) is 11.0 Å². The topological polar surface area (TPSA) is 120 Å². The number of carbonyl (C=O) groups is 2. The van der Waals surface area contributed by atoms with Crippen LogP contribution in [-0.2, 0) is 11.2 Å². The molecule has 12 heteroatoms. The van der Waals surface area contributed by atoms with Crippen molar-refractivity contribution in [3.63, 3.8) is 0 Å². The van der Waals surface area contributed by atoms with Gasteiger partial charge in [-0.05, 0) is 91.8 Å². The van der Waals surface area contributed by atoms with Crippen LogP contribution in [0.15, 0.2) is 48.0 Å². The molecule has 44 heavy (non-hydrogen) atoms. The monoisotopic (exact) mass is 628 g/mol. The Kier molecular flexibility index (Phi) is 11.0. The zero-order valence-electron chi connectivity index (χ0n) is 25.2. The molecule has 0 amide bonds. The Morgan fingerprint density at radius 2 is 1.59 bits per heavy atom. The summed E-state index contributed by atoms with van der Waals surface area (Å²) in [5.41, 5.74) is 2.00. The van der Waals surface area contributed by atoms with E-state index in [1.54, 1.807) is 31.2 Å². The van der Waals surface area contributed by atoms with Gasteiger partial charge in [0, 0.05) is 23.1 Å². The number of rotatable bonds is 11. The van der Waals surface area contributed by atoms with Gasteiger partial charge >= 0.3 is 29.6 Å². The zero-order valence-corrected chi connectivity index (χ0v) is 28.0. The van der Waals surface area contributed by atoms with E-state index in [1.807, 2.05) is 0 Å². The molecule has 0 atom stereocenters. The number of nitrogens with zero attached hydrogens (tertiary/aromatic N) is 2. The summed E-state index contributed by atoms with van der Waals surface area (Å²) in [7, 11) is 4.30. The molecular formula is C32H30FN2NaO7S. The molecule has 5 rings (SSSR count). The molecular weight excluding hydrogens is 598 g/mol. The van der Waals surface area contributed by atoms with E-state index in [1.165, 1.54) is 33.5 Å². The van der Waals surface area contributed by atoms with Gasteiger partial charge < -0.3 is 28.8 Å². The summed E-state index contributed by atoms with van der Waals surface area (Å²) in [5, 5.41) is 12.8. The van der Waals surface area contributed by atoms with Gasteiger partial charge in [-0.2, -0.15) is 8.75 Å². The molecule has 1 aliphatic carbocycles. The number of carboxylic acid groups (broad SMARTS) is 1. The summed E-state index contributed by atoms with van der Waals surface area (Å²) in [6, 6.07) is 10.3. The number of benzene rings is 3. The minimum Gasteiger partial charge on any atom is -0.545 e. The number of ketones is 1. The van der Waals surface area contributed by atoms with Crippen molar-refractivity contribution in [2.45, 2.75) is 45.1 Å². The number of carbonyl (C=O) groups excluding carboxylic acids is 2. The Morgan fingerprint density at radius 3 is 2.18 bits per heavy atom. The predicted molar refractivity (Wildman–Crippen MR) is 157 cm³/mol. The molecule has 9 nitrogen and oxygen atoms in total. The molecule has 0 aliphatic heterocycles. The molecule has 3 aromatic carbocycles. The number of Topliss-reactive ketones (excluding diaryl/α,β-unsaturated/α-hetero) is 1. The summed E-state index contributed by atoms with van der Waals surface area (Å²) >= 11 is 0.996. The van der Waals surface area contributed by atoms with Crippen molar-refractivity contribution in [3.05, 3.63) is 76.1 Å². The van der Waals surface area contributed by atoms with Crippen LogP contribution in [0.25, 0.3) is 16.6 Å². The van der Waals surface area contributed by atoms with E-state index in [4.69, 9.17) is 18.9 Å². The van der Waals surface area contributed by atoms with Crippen LogP contribution in [-0.4, -0.2) is 47.9 Å². The van der Waals surface area contributed by atoms with E-state index in [9.17, 15) is 19.1 Å². The fraction of sp³-hybridized carbons (Fsp3) is 0.312. The number of hydrogen-bond acceptors (Lipinski definition) is 10. The van der Waals surface area contributed by atoms with Crippen LogP contribution in [0.4, 0.5) is 4.39 Å². The first-order valence-corrected chi connectivity index (χ1v) is 14.4. The SMILES string of the molecule is COc1ccc(C(=O)C(Cc2cc(OC)c(OC3CCCC3)c(OC)c2)=C(C(=O)[O-])c2cc(C)c3nsnc3c2)cc1F.[Na+]. The maximum absolute atomic E-state index is 14.7. The Morgan fingerprint density at radius 1 is 0.932 bits per heavy atom. The summed E-state index contributed by atoms with van der Waals surface area (Å²) < 4.78 is 45.7. The normalized spacial score (nSPS) is 13.7. The summed E-state index contributed by atoms with van der Waals surface area (Å²) in [6.45, 7) is 1.78. The Balaban J connectivity index is 0.00000442. The molecule has 1 aliphatic rings. The van der Waals surface area contributed by atoms with Crippen LogP contribution < -0.4 is 53.6 Å². The number of fused-ring (bicyclic) bond motifs is 1. The van der Waals surface area contributed by atoms with Gasteiger partial charge in [-0.15, -0.1) is 0 Å². The molecule has 0 N–H and O–H groups in total. The second-order valence-electron chi connectivity index (χ2n) is 10.3. The first kappa shape index (κ1) is 33.4. The number of carboxylic acids is 1. The number of methoxy groups -OCH3 is 3. The summed E-state index contributed by atoms with van der Waals surface area (Å²) in [4.78, 5) is 26.9. The molecule has 0 unspecified atom stereocenters. The standard InChI is InChI=1S/C32H31FN2O7S.Na/c1-17-11-20(16-24-29(17)35-43-34-24)28(32(37)38)22(30(36)19-9-10-25(39-2)23(33)15-19)12-18-13-26(40-3)31(27(14-18)41-4)42-21-7-5-6-8-21;/h9-11,13-16,21H,5-8,12H2,1-4H3,(H,37,38);/q;+1/p-1. The van der Waals surface area contributed by atoms with E-state index in [0.29, 0.717) is 39.4 Å². The van der Waals surface area contributed by atoms with Crippen molar-refractivity contribution in [2.75, 3.05) is 21.3 Å². The van der Waals surface area contributed by atoms with E-state index in [-0.39, 0.29) is 70.1 Å². The second kappa shape index (κ2) is 14.5. The minimum atomic E-state index is -1.57. The van der Waals surface area contributed by atoms with Crippen LogP contribution in [0.5, 0.6) is 23.0 Å². The van der Waals surface area contributed by atoms with Crippen molar-refractivity contribution in [3.8, 4) is 23.0 Å². The summed E-state index contributed by atoms with van der Waals surface area (Å²) in [6.07, 6.45) is 3.84. The first-order valence-electron chi connectivity index (χ1n) is 13.7. The first-order chi connectivity index (χ1) is 20.7. The molecule has 1 fully saturated rings. The quantitative estimate of drug-likeness (QED) is 0.140. The fourth-order valence-corrected chi connectivity index (χ4v) is 5.99. The average molecular weight is 629 g/mol. The molecule has 1 aromatic heterocycles. The number of aromatic nitrogens is 2. The van der Waals surface area contributed by atoms with Crippen LogP contribution in [0.2, 0.25) is 0 Å². The zero-order chi connectivity index (χ0) is 30.7. The minimum absolute atomic E-state index is 0. The van der Waals surface area contributed by atoms with Crippen LogP contribution in [0, 0.1) is 12.7 Å². The van der Waals surface area contributed by atoms with Crippen molar-refractivity contribution in [1.82, 2.24) is 8.75 Å². The molecule has 0 spiro atoms. The maximum atomic E-state index is 14.7. The third-order valence-electron chi connectivity index (χ3n) is 7.52. The predicted octanol–water partition coefficient (Wildman–Crippen LogP) is 2.12. The third kappa shape index (κ3) is 6.91. The van der Waals surface area contributed by atoms with E-state index >= 15 is 0 Å². The van der Waals surface area contributed by atoms with E-state index in [2.05, 4.69) is 8.75 Å².